The van der Waals surface area contributed by atoms with Crippen LogP contribution in [-0.2, 0) is 4.74 Å². The molecule has 1 aliphatic heterocycles. The Labute approximate surface area is 196 Å². The Hall–Kier alpha value is -3.44. The van der Waals surface area contributed by atoms with Gasteiger partial charge in [-0.15, -0.1) is 0 Å². The number of nitrogens with zero attached hydrogens (tertiary/aromatic N) is 4. The van der Waals surface area contributed by atoms with Crippen molar-refractivity contribution in [3.05, 3.63) is 46.5 Å². The summed E-state index contributed by atoms with van der Waals surface area (Å²) >= 11 is 0. The van der Waals surface area contributed by atoms with E-state index in [9.17, 15) is 14.7 Å². The molecule has 1 amide bonds. The molecule has 3 atom stereocenters. The fourth-order valence-corrected chi connectivity index (χ4v) is 4.69. The average Bonchev–Trinajstić information content (AvgIpc) is 3.46. The summed E-state index contributed by atoms with van der Waals surface area (Å²) in [6.45, 7) is 1.24. The third-order valence-corrected chi connectivity index (χ3v) is 6.48. The Kier molecular flexibility index (Phi) is 6.20. The molecule has 2 aliphatic rings. The number of amides is 1. The Bertz CT molecular complexity index is 1250. The molecule has 4 N–H and O–H groups in total. The van der Waals surface area contributed by atoms with Crippen LogP contribution in [-0.4, -0.2) is 62.6 Å². The first kappa shape index (κ1) is 22.4. The number of aliphatic hydroxyl groups is 1. The molecule has 3 aromatic rings. The SMILES string of the molecule is CNc1cc(Nc2cccn([C@@H]3CCCOC3)c2=O)nc2c(C(=O)NC3CC[C@@H](O)C3)cnn12. The van der Waals surface area contributed by atoms with E-state index in [2.05, 4.69) is 26.0 Å². The van der Waals surface area contributed by atoms with E-state index >= 15 is 0 Å². The molecule has 1 unspecified atom stereocenters. The second-order valence-electron chi connectivity index (χ2n) is 8.84. The quantitative estimate of drug-likeness (QED) is 0.430. The van der Waals surface area contributed by atoms with Crippen LogP contribution >= 0.6 is 0 Å². The van der Waals surface area contributed by atoms with Gasteiger partial charge < -0.3 is 30.4 Å². The summed E-state index contributed by atoms with van der Waals surface area (Å²) in [5.41, 5.74) is 0.920. The maximum Gasteiger partial charge on any atom is 0.274 e. The number of carbonyl (C=O) groups excluding carboxylic acids is 1. The molecule has 4 heterocycles. The number of pyridine rings is 1. The molecule has 0 spiro atoms. The zero-order valence-corrected chi connectivity index (χ0v) is 19.0. The molecule has 0 bridgehead atoms. The zero-order chi connectivity index (χ0) is 23.7. The van der Waals surface area contributed by atoms with Gasteiger partial charge in [0.25, 0.3) is 11.5 Å². The number of rotatable bonds is 6. The Morgan fingerprint density at radius 1 is 1.29 bits per heavy atom. The average molecular weight is 468 g/mol. The topological polar surface area (TPSA) is 135 Å². The molecule has 0 radical (unpaired) electrons. The van der Waals surface area contributed by atoms with Crippen molar-refractivity contribution < 1.29 is 14.6 Å². The number of carbonyl (C=O) groups is 1. The van der Waals surface area contributed by atoms with Crippen molar-refractivity contribution in [2.24, 2.45) is 0 Å². The molecule has 1 saturated heterocycles. The van der Waals surface area contributed by atoms with Crippen LogP contribution in [0.3, 0.4) is 0 Å². The van der Waals surface area contributed by atoms with Gasteiger partial charge in [-0.1, -0.05) is 0 Å². The number of aromatic nitrogens is 4. The number of hydrogen-bond donors (Lipinski definition) is 4. The number of hydrogen-bond acceptors (Lipinski definition) is 8. The number of aliphatic hydroxyl groups excluding tert-OH is 1. The van der Waals surface area contributed by atoms with Crippen LogP contribution in [0.2, 0.25) is 0 Å². The van der Waals surface area contributed by atoms with E-state index in [0.717, 1.165) is 25.9 Å². The maximum absolute atomic E-state index is 13.1. The van der Waals surface area contributed by atoms with E-state index in [1.807, 2.05) is 6.07 Å². The van der Waals surface area contributed by atoms with Gasteiger partial charge >= 0.3 is 0 Å². The van der Waals surface area contributed by atoms with Crippen LogP contribution in [0.1, 0.15) is 48.5 Å². The van der Waals surface area contributed by atoms with Gasteiger partial charge in [0.2, 0.25) is 0 Å². The number of anilines is 3. The first-order valence-corrected chi connectivity index (χ1v) is 11.6. The maximum atomic E-state index is 13.1. The Balaban J connectivity index is 1.44. The van der Waals surface area contributed by atoms with E-state index < -0.39 is 0 Å². The van der Waals surface area contributed by atoms with Crippen LogP contribution < -0.4 is 21.5 Å². The van der Waals surface area contributed by atoms with Crippen LogP contribution in [0.5, 0.6) is 0 Å². The second-order valence-corrected chi connectivity index (χ2v) is 8.84. The molecule has 11 heteroatoms. The summed E-state index contributed by atoms with van der Waals surface area (Å²) in [6.07, 6.45) is 6.65. The van der Waals surface area contributed by atoms with Crippen molar-refractivity contribution in [3.63, 3.8) is 0 Å². The fourth-order valence-electron chi connectivity index (χ4n) is 4.69. The first-order valence-electron chi connectivity index (χ1n) is 11.6. The highest BCUT2D eigenvalue weighted by atomic mass is 16.5. The molecule has 2 fully saturated rings. The predicted octanol–water partition coefficient (Wildman–Crippen LogP) is 1.67. The van der Waals surface area contributed by atoms with Crippen LogP contribution in [0.4, 0.5) is 17.3 Å². The highest BCUT2D eigenvalue weighted by molar-refractivity contribution is 6.00. The lowest BCUT2D eigenvalue weighted by atomic mass is 10.1. The van der Waals surface area contributed by atoms with Gasteiger partial charge in [0, 0.05) is 32.0 Å². The molecule has 1 aliphatic carbocycles. The number of fused-ring (bicyclic) bond motifs is 1. The highest BCUT2D eigenvalue weighted by Gasteiger charge is 2.26. The standard InChI is InChI=1S/C23H29N7O4/c1-24-20-11-19(27-18-5-2-8-29(23(18)33)15-4-3-9-34-13-15)28-21-17(12-25-30(20)21)22(32)26-14-6-7-16(31)10-14/h2,5,8,11-12,14-16,24,31H,3-4,6-7,9-10,13H2,1H3,(H,26,32)(H,27,28)/t14?,15-,16-/m1/s1. The highest BCUT2D eigenvalue weighted by Crippen LogP contribution is 2.23. The van der Waals surface area contributed by atoms with Gasteiger partial charge in [-0.25, -0.2) is 4.98 Å². The van der Waals surface area contributed by atoms with E-state index in [1.54, 1.807) is 34.5 Å². The molecule has 5 rings (SSSR count). The second kappa shape index (κ2) is 9.43. The zero-order valence-electron chi connectivity index (χ0n) is 19.0. The van der Waals surface area contributed by atoms with Gasteiger partial charge in [-0.3, -0.25) is 9.59 Å². The minimum atomic E-state index is -0.380. The first-order chi connectivity index (χ1) is 16.5. The summed E-state index contributed by atoms with van der Waals surface area (Å²) in [5.74, 6) is 0.734. The number of ether oxygens (including phenoxy) is 1. The molecule has 0 aromatic carbocycles. The normalized spacial score (nSPS) is 22.6. The van der Waals surface area contributed by atoms with Crippen LogP contribution in [0.25, 0.3) is 5.65 Å². The van der Waals surface area contributed by atoms with Crippen molar-refractivity contribution in [2.75, 3.05) is 30.9 Å². The van der Waals surface area contributed by atoms with Crippen LogP contribution in [0, 0.1) is 0 Å². The molecular formula is C23H29N7O4. The molecule has 11 nitrogen and oxygen atoms in total. The van der Waals surface area contributed by atoms with Gasteiger partial charge in [0.1, 0.15) is 22.9 Å². The summed E-state index contributed by atoms with van der Waals surface area (Å²) in [5, 5.41) is 23.2. The van der Waals surface area contributed by atoms with Crippen molar-refractivity contribution in [2.45, 2.75) is 50.3 Å². The molecular weight excluding hydrogens is 438 g/mol. The van der Waals surface area contributed by atoms with Crippen LogP contribution in [0.15, 0.2) is 35.4 Å². The largest absolute Gasteiger partial charge is 0.393 e. The Morgan fingerprint density at radius 2 is 2.18 bits per heavy atom. The Morgan fingerprint density at radius 3 is 2.91 bits per heavy atom. The van der Waals surface area contributed by atoms with Gasteiger partial charge in [-0.05, 0) is 44.2 Å². The summed E-state index contributed by atoms with van der Waals surface area (Å²) < 4.78 is 8.79. The van der Waals surface area contributed by atoms with E-state index in [4.69, 9.17) is 4.74 Å². The van der Waals surface area contributed by atoms with Gasteiger partial charge in [-0.2, -0.15) is 9.61 Å². The molecule has 1 saturated carbocycles. The van der Waals surface area contributed by atoms with Crippen molar-refractivity contribution >= 4 is 28.9 Å². The van der Waals surface area contributed by atoms with Crippen molar-refractivity contribution in [1.82, 2.24) is 24.5 Å². The summed E-state index contributed by atoms with van der Waals surface area (Å²) in [6, 6.07) is 5.20. The lowest BCUT2D eigenvalue weighted by molar-refractivity contribution is 0.0581. The van der Waals surface area contributed by atoms with E-state index in [-0.39, 0.29) is 29.7 Å². The fraction of sp³-hybridized carbons (Fsp3) is 0.478. The third kappa shape index (κ3) is 4.36. The van der Waals surface area contributed by atoms with E-state index in [1.165, 1.54) is 6.20 Å². The van der Waals surface area contributed by atoms with Gasteiger partial charge in [0.05, 0.1) is 24.9 Å². The molecule has 180 valence electrons. The molecule has 34 heavy (non-hydrogen) atoms. The number of nitrogens with one attached hydrogen (secondary N) is 3. The lowest BCUT2D eigenvalue weighted by Gasteiger charge is -2.24. The monoisotopic (exact) mass is 467 g/mol. The third-order valence-electron chi connectivity index (χ3n) is 6.48. The minimum Gasteiger partial charge on any atom is -0.393 e. The van der Waals surface area contributed by atoms with E-state index in [0.29, 0.717) is 48.0 Å². The van der Waals surface area contributed by atoms with Crippen molar-refractivity contribution in [3.8, 4) is 0 Å². The van der Waals surface area contributed by atoms with Gasteiger partial charge in [0.15, 0.2) is 5.65 Å². The smallest absolute Gasteiger partial charge is 0.274 e. The predicted molar refractivity (Wildman–Crippen MR) is 127 cm³/mol. The molecule has 3 aromatic heterocycles. The summed E-state index contributed by atoms with van der Waals surface area (Å²) in [7, 11) is 1.75. The van der Waals surface area contributed by atoms with Crippen molar-refractivity contribution in [1.29, 1.82) is 0 Å². The lowest BCUT2D eigenvalue weighted by Crippen LogP contribution is -2.33. The minimum absolute atomic E-state index is 0.00513. The summed E-state index contributed by atoms with van der Waals surface area (Å²) in [4.78, 5) is 30.7.